The molecule has 0 aromatic rings. The lowest BCUT2D eigenvalue weighted by molar-refractivity contribution is -0.134. The topological polar surface area (TPSA) is 60.8 Å². The fourth-order valence-electron chi connectivity index (χ4n) is 2.95. The van der Waals surface area contributed by atoms with Crippen molar-refractivity contribution in [3.05, 3.63) is 12.2 Å². The summed E-state index contributed by atoms with van der Waals surface area (Å²) in [5, 5.41) is 18.8. The van der Waals surface area contributed by atoms with Gasteiger partial charge < -0.3 is 10.2 Å². The Labute approximate surface area is 103 Å². The van der Waals surface area contributed by atoms with Gasteiger partial charge in [0.05, 0.1) is 6.10 Å². The summed E-state index contributed by atoms with van der Waals surface area (Å²) in [7, 11) is 0. The average molecular weight is 241 g/mol. The van der Waals surface area contributed by atoms with E-state index in [1.54, 1.807) is 0 Å². The van der Waals surface area contributed by atoms with E-state index in [1.165, 1.54) is 0 Å². The Morgan fingerprint density at radius 2 is 1.71 bits per heavy atom. The third kappa shape index (κ3) is 3.07. The molecule has 1 aliphatic rings. The smallest absolute Gasteiger partial charge is 0.332 e. The maximum Gasteiger partial charge on any atom is 0.332 e. The molecule has 17 heavy (non-hydrogen) atoms. The number of nitrogens with zero attached hydrogens (tertiary/aromatic N) is 1. The molecule has 0 bridgehead atoms. The molecule has 4 heteroatoms. The summed E-state index contributed by atoms with van der Waals surface area (Å²) in [5.41, 5.74) is -0.249. The van der Waals surface area contributed by atoms with E-state index < -0.39 is 5.97 Å². The fraction of sp³-hybridized carbons (Fsp3) is 0.769. The van der Waals surface area contributed by atoms with Crippen LogP contribution in [0, 0.1) is 0 Å². The normalized spacial score (nSPS) is 24.5. The Hall–Kier alpha value is -0.870. The molecule has 0 aromatic heterocycles. The van der Waals surface area contributed by atoms with Gasteiger partial charge in [0.15, 0.2) is 0 Å². The van der Waals surface area contributed by atoms with Gasteiger partial charge in [-0.25, -0.2) is 4.79 Å². The monoisotopic (exact) mass is 241 g/mol. The van der Waals surface area contributed by atoms with Crippen molar-refractivity contribution in [1.29, 1.82) is 0 Å². The lowest BCUT2D eigenvalue weighted by Crippen LogP contribution is -2.62. The summed E-state index contributed by atoms with van der Waals surface area (Å²) in [4.78, 5) is 13.0. The van der Waals surface area contributed by atoms with Gasteiger partial charge in [-0.1, -0.05) is 6.58 Å². The molecule has 0 saturated carbocycles. The molecule has 1 saturated heterocycles. The van der Waals surface area contributed by atoms with Crippen LogP contribution >= 0.6 is 0 Å². The Kier molecular flexibility index (Phi) is 3.69. The highest BCUT2D eigenvalue weighted by Gasteiger charge is 2.45. The summed E-state index contributed by atoms with van der Waals surface area (Å²) >= 11 is 0. The van der Waals surface area contributed by atoms with Crippen molar-refractivity contribution in [3.8, 4) is 0 Å². The maximum absolute atomic E-state index is 10.9. The molecule has 1 fully saturated rings. The first kappa shape index (κ1) is 14.2. The second kappa shape index (κ2) is 4.42. The van der Waals surface area contributed by atoms with Crippen LogP contribution in [0.25, 0.3) is 0 Å². The summed E-state index contributed by atoms with van der Waals surface area (Å²) < 4.78 is 0. The summed E-state index contributed by atoms with van der Waals surface area (Å²) in [6.45, 7) is 12.1. The molecule has 0 radical (unpaired) electrons. The second-order valence-corrected chi connectivity index (χ2v) is 6.18. The lowest BCUT2D eigenvalue weighted by atomic mass is 9.78. The quantitative estimate of drug-likeness (QED) is 0.737. The van der Waals surface area contributed by atoms with Gasteiger partial charge in [-0.2, -0.15) is 0 Å². The van der Waals surface area contributed by atoms with E-state index in [2.05, 4.69) is 11.5 Å². The van der Waals surface area contributed by atoms with Gasteiger partial charge in [-0.3, -0.25) is 4.90 Å². The third-order valence-electron chi connectivity index (χ3n) is 3.58. The molecule has 4 nitrogen and oxygen atoms in total. The van der Waals surface area contributed by atoms with Crippen LogP contribution < -0.4 is 0 Å². The largest absolute Gasteiger partial charge is 0.478 e. The molecule has 1 aliphatic heterocycles. The zero-order valence-corrected chi connectivity index (χ0v) is 11.2. The predicted octanol–water partition coefficient (Wildman–Crippen LogP) is 1.64. The van der Waals surface area contributed by atoms with E-state index in [0.717, 1.165) is 0 Å². The molecule has 0 aromatic carbocycles. The van der Waals surface area contributed by atoms with E-state index in [4.69, 9.17) is 5.11 Å². The lowest BCUT2D eigenvalue weighted by Gasteiger charge is -2.54. The van der Waals surface area contributed by atoms with Crippen molar-refractivity contribution in [2.45, 2.75) is 57.7 Å². The van der Waals surface area contributed by atoms with Gasteiger partial charge in [0.25, 0.3) is 0 Å². The van der Waals surface area contributed by atoms with Crippen LogP contribution in [0.1, 0.15) is 40.5 Å². The number of rotatable bonds is 3. The van der Waals surface area contributed by atoms with E-state index in [0.29, 0.717) is 19.4 Å². The number of carbonyl (C=O) groups is 1. The van der Waals surface area contributed by atoms with E-state index >= 15 is 0 Å². The predicted molar refractivity (Wildman–Crippen MR) is 66.9 cm³/mol. The van der Waals surface area contributed by atoms with Crippen LogP contribution in [0.3, 0.4) is 0 Å². The Balaban J connectivity index is 2.93. The third-order valence-corrected chi connectivity index (χ3v) is 3.58. The van der Waals surface area contributed by atoms with Crippen molar-refractivity contribution in [2.75, 3.05) is 6.54 Å². The number of aliphatic carboxylic acids is 1. The number of carboxylic acid groups (broad SMARTS) is 1. The molecule has 1 rings (SSSR count). The van der Waals surface area contributed by atoms with Gasteiger partial charge >= 0.3 is 5.97 Å². The van der Waals surface area contributed by atoms with Crippen LogP contribution in [0.2, 0.25) is 0 Å². The zero-order valence-electron chi connectivity index (χ0n) is 11.2. The number of piperidine rings is 1. The molecule has 0 aliphatic carbocycles. The van der Waals surface area contributed by atoms with Crippen LogP contribution in [0.5, 0.6) is 0 Å². The highest BCUT2D eigenvalue weighted by atomic mass is 16.4. The van der Waals surface area contributed by atoms with Crippen molar-refractivity contribution >= 4 is 5.97 Å². The van der Waals surface area contributed by atoms with E-state index in [9.17, 15) is 9.90 Å². The molecule has 2 N–H and O–H groups in total. The minimum Gasteiger partial charge on any atom is -0.478 e. The first-order valence-electron chi connectivity index (χ1n) is 5.93. The molecule has 98 valence electrons. The first-order chi connectivity index (χ1) is 7.56. The molecule has 0 unspecified atom stereocenters. The molecular weight excluding hydrogens is 218 g/mol. The number of carboxylic acids is 1. The average Bonchev–Trinajstić information content (AvgIpc) is 2.08. The summed E-state index contributed by atoms with van der Waals surface area (Å²) in [6.07, 6.45) is 0.987. The fourth-order valence-corrected chi connectivity index (χ4v) is 2.95. The van der Waals surface area contributed by atoms with Crippen molar-refractivity contribution < 1.29 is 15.0 Å². The standard InChI is InChI=1S/C13H23NO3/c1-9(11(16)17)8-14-12(2,3)6-10(15)7-13(14,4)5/h10,15H,1,6-8H2,2-5H3,(H,16,17). The van der Waals surface area contributed by atoms with Crippen LogP contribution in [0.4, 0.5) is 0 Å². The zero-order chi connectivity index (χ0) is 13.4. The van der Waals surface area contributed by atoms with Gasteiger partial charge in [0, 0.05) is 23.2 Å². The number of aliphatic hydroxyl groups excluding tert-OH is 1. The SMILES string of the molecule is C=C(CN1C(C)(C)CC(O)CC1(C)C)C(=O)O. The van der Waals surface area contributed by atoms with Crippen LogP contribution in [-0.2, 0) is 4.79 Å². The molecule has 0 atom stereocenters. The highest BCUT2D eigenvalue weighted by molar-refractivity contribution is 5.86. The number of hydrogen-bond donors (Lipinski definition) is 2. The molecule has 0 amide bonds. The minimum atomic E-state index is -0.956. The van der Waals surface area contributed by atoms with Gasteiger partial charge in [0.2, 0.25) is 0 Å². The van der Waals surface area contributed by atoms with Gasteiger partial charge in [-0.15, -0.1) is 0 Å². The van der Waals surface area contributed by atoms with Gasteiger partial charge in [-0.05, 0) is 40.5 Å². The number of aliphatic hydroxyl groups is 1. The Bertz CT molecular complexity index is 316. The van der Waals surface area contributed by atoms with E-state index in [-0.39, 0.29) is 22.8 Å². The Morgan fingerprint density at radius 1 is 1.29 bits per heavy atom. The molecular formula is C13H23NO3. The highest BCUT2D eigenvalue weighted by Crippen LogP contribution is 2.38. The van der Waals surface area contributed by atoms with E-state index in [1.807, 2.05) is 27.7 Å². The minimum absolute atomic E-state index is 0.197. The summed E-state index contributed by atoms with van der Waals surface area (Å²) in [6, 6.07) is 0. The summed E-state index contributed by atoms with van der Waals surface area (Å²) in [5.74, 6) is -0.956. The van der Waals surface area contributed by atoms with Crippen LogP contribution in [0.15, 0.2) is 12.2 Å². The van der Waals surface area contributed by atoms with Crippen molar-refractivity contribution in [3.63, 3.8) is 0 Å². The molecule has 1 heterocycles. The molecule has 0 spiro atoms. The second-order valence-electron chi connectivity index (χ2n) is 6.18. The van der Waals surface area contributed by atoms with Crippen molar-refractivity contribution in [1.82, 2.24) is 4.90 Å². The maximum atomic E-state index is 10.9. The Morgan fingerprint density at radius 3 is 2.06 bits per heavy atom. The number of hydrogen-bond acceptors (Lipinski definition) is 3. The first-order valence-corrected chi connectivity index (χ1v) is 5.93. The van der Waals surface area contributed by atoms with Crippen LogP contribution in [-0.4, -0.2) is 44.8 Å². The number of likely N-dealkylation sites (tertiary alicyclic amines) is 1. The van der Waals surface area contributed by atoms with Gasteiger partial charge in [0.1, 0.15) is 0 Å². The van der Waals surface area contributed by atoms with Crippen molar-refractivity contribution in [2.24, 2.45) is 0 Å².